The number of aromatic nitrogens is 2. The predicted molar refractivity (Wildman–Crippen MR) is 82.3 cm³/mol. The van der Waals surface area contributed by atoms with Crippen molar-refractivity contribution >= 4 is 15.8 Å². The van der Waals surface area contributed by atoms with Gasteiger partial charge in [0, 0.05) is 13.1 Å². The van der Waals surface area contributed by atoms with Crippen LogP contribution in [0.1, 0.15) is 29.7 Å². The average molecular weight is 308 g/mol. The van der Waals surface area contributed by atoms with Gasteiger partial charge in [-0.05, 0) is 31.9 Å². The van der Waals surface area contributed by atoms with Crippen molar-refractivity contribution < 1.29 is 8.42 Å². The fourth-order valence-electron chi connectivity index (χ4n) is 2.43. The van der Waals surface area contributed by atoms with Crippen molar-refractivity contribution in [3.05, 3.63) is 41.2 Å². The lowest BCUT2D eigenvalue weighted by atomic mass is 10.0. The first-order valence-corrected chi connectivity index (χ1v) is 8.07. The van der Waals surface area contributed by atoms with Crippen LogP contribution in [-0.2, 0) is 17.1 Å². The topological polar surface area (TPSA) is 90.0 Å². The maximum atomic E-state index is 12.4. The lowest BCUT2D eigenvalue weighted by molar-refractivity contribution is 0.557. The van der Waals surface area contributed by atoms with Gasteiger partial charge in [0.25, 0.3) is 10.0 Å². The van der Waals surface area contributed by atoms with Crippen molar-refractivity contribution in [2.45, 2.75) is 31.8 Å². The maximum absolute atomic E-state index is 12.4. The minimum atomic E-state index is -3.73. The smallest absolute Gasteiger partial charge is 0.260 e. The van der Waals surface area contributed by atoms with Crippen LogP contribution in [0.2, 0.25) is 0 Å². The summed E-state index contributed by atoms with van der Waals surface area (Å²) in [7, 11) is -2.13. The van der Waals surface area contributed by atoms with E-state index in [4.69, 9.17) is 5.73 Å². The van der Waals surface area contributed by atoms with Crippen molar-refractivity contribution in [2.75, 3.05) is 5.73 Å². The summed E-state index contributed by atoms with van der Waals surface area (Å²) in [6.07, 6.45) is 1.38. The van der Waals surface area contributed by atoms with Crippen LogP contribution in [0.5, 0.6) is 0 Å². The average Bonchev–Trinajstić information content (AvgIpc) is 2.68. The quantitative estimate of drug-likeness (QED) is 0.899. The zero-order valence-corrected chi connectivity index (χ0v) is 13.4. The third-order valence-electron chi connectivity index (χ3n) is 3.39. The number of nitrogens with one attached hydrogen (secondary N) is 1. The van der Waals surface area contributed by atoms with Gasteiger partial charge < -0.3 is 10.3 Å². The zero-order valence-electron chi connectivity index (χ0n) is 12.6. The Kier molecular flexibility index (Phi) is 4.06. The highest BCUT2D eigenvalue weighted by molar-refractivity contribution is 7.89. The second-order valence-corrected chi connectivity index (χ2v) is 6.88. The van der Waals surface area contributed by atoms with Gasteiger partial charge >= 0.3 is 0 Å². The monoisotopic (exact) mass is 308 g/mol. The fraction of sp³-hybridized carbons (Fsp3) is 0.357. The zero-order chi connectivity index (χ0) is 15.8. The molecule has 7 heteroatoms. The van der Waals surface area contributed by atoms with E-state index in [1.54, 1.807) is 7.05 Å². The van der Waals surface area contributed by atoms with Crippen LogP contribution in [-0.4, -0.2) is 18.0 Å². The highest BCUT2D eigenvalue weighted by Crippen LogP contribution is 2.22. The molecule has 1 unspecified atom stereocenters. The van der Waals surface area contributed by atoms with Gasteiger partial charge in [0.2, 0.25) is 0 Å². The molecule has 0 amide bonds. The van der Waals surface area contributed by atoms with Crippen molar-refractivity contribution in [3.63, 3.8) is 0 Å². The number of nitrogens with two attached hydrogens (primary N) is 1. The van der Waals surface area contributed by atoms with Gasteiger partial charge in [-0.1, -0.05) is 23.8 Å². The largest absolute Gasteiger partial charge is 0.381 e. The molecule has 2 aromatic rings. The molecule has 0 saturated heterocycles. The molecular weight excluding hydrogens is 288 g/mol. The van der Waals surface area contributed by atoms with Crippen molar-refractivity contribution in [2.24, 2.45) is 7.05 Å². The van der Waals surface area contributed by atoms with Crippen LogP contribution < -0.4 is 10.5 Å². The van der Waals surface area contributed by atoms with E-state index in [-0.39, 0.29) is 16.9 Å². The highest BCUT2D eigenvalue weighted by atomic mass is 32.2. The number of nitrogen functional groups attached to an aromatic ring is 1. The normalized spacial score (nSPS) is 13.3. The summed E-state index contributed by atoms with van der Waals surface area (Å²) < 4.78 is 28.9. The van der Waals surface area contributed by atoms with Crippen LogP contribution in [0.25, 0.3) is 0 Å². The Morgan fingerprint density at radius 1 is 1.33 bits per heavy atom. The Hall–Kier alpha value is -1.86. The Morgan fingerprint density at radius 2 is 2.00 bits per heavy atom. The van der Waals surface area contributed by atoms with E-state index in [2.05, 4.69) is 9.71 Å². The molecule has 0 aliphatic rings. The van der Waals surface area contributed by atoms with Crippen molar-refractivity contribution in [3.8, 4) is 0 Å². The second-order valence-electron chi connectivity index (χ2n) is 5.25. The number of sulfonamides is 1. The van der Waals surface area contributed by atoms with Gasteiger partial charge in [-0.2, -0.15) is 0 Å². The first-order valence-electron chi connectivity index (χ1n) is 6.58. The first-order chi connectivity index (χ1) is 9.72. The van der Waals surface area contributed by atoms with E-state index in [9.17, 15) is 8.42 Å². The van der Waals surface area contributed by atoms with Gasteiger partial charge in [0.15, 0.2) is 10.8 Å². The fourth-order valence-corrected chi connectivity index (χ4v) is 3.89. The summed E-state index contributed by atoms with van der Waals surface area (Å²) in [4.78, 5) is 3.81. The lowest BCUT2D eigenvalue weighted by Gasteiger charge is -2.17. The summed E-state index contributed by atoms with van der Waals surface area (Å²) in [5.41, 5.74) is 8.76. The molecule has 2 rings (SSSR count). The number of nitrogens with zero attached hydrogens (tertiary/aromatic N) is 2. The number of anilines is 1. The molecule has 0 bridgehead atoms. The predicted octanol–water partition coefficient (Wildman–Crippen LogP) is 1.66. The summed E-state index contributed by atoms with van der Waals surface area (Å²) in [5, 5.41) is -0.0147. The number of hydrogen-bond acceptors (Lipinski definition) is 4. The number of hydrogen-bond donors (Lipinski definition) is 2. The molecule has 0 fully saturated rings. The molecule has 21 heavy (non-hydrogen) atoms. The molecule has 1 heterocycles. The minimum absolute atomic E-state index is 0.00201. The maximum Gasteiger partial charge on any atom is 0.260 e. The molecule has 0 saturated carbocycles. The second kappa shape index (κ2) is 5.50. The third kappa shape index (κ3) is 3.08. The summed E-state index contributed by atoms with van der Waals surface area (Å²) in [6, 6.07) is 5.57. The van der Waals surface area contributed by atoms with Gasteiger partial charge in [0.1, 0.15) is 0 Å². The molecule has 1 aromatic carbocycles. The van der Waals surface area contributed by atoms with E-state index in [0.29, 0.717) is 0 Å². The molecule has 3 N–H and O–H groups in total. The molecule has 1 aromatic heterocycles. The molecule has 114 valence electrons. The Bertz CT molecular complexity index is 746. The molecule has 0 radical (unpaired) electrons. The Balaban J connectivity index is 2.32. The van der Waals surface area contributed by atoms with Crippen LogP contribution in [0.4, 0.5) is 5.82 Å². The molecule has 0 aliphatic carbocycles. The number of imidazole rings is 1. The summed E-state index contributed by atoms with van der Waals surface area (Å²) in [6.45, 7) is 5.77. The number of aryl methyl sites for hydroxylation is 3. The van der Waals surface area contributed by atoms with Gasteiger partial charge in [0.05, 0.1) is 6.33 Å². The lowest BCUT2D eigenvalue weighted by Crippen LogP contribution is -2.29. The standard InChI is InChI=1S/C14H20N4O2S/c1-9-5-6-12(10(2)7-9)11(3)17-21(19,20)14-13(15)16-8-18(14)4/h5-8,11,17H,15H2,1-4H3. The van der Waals surface area contributed by atoms with Crippen LogP contribution in [0.3, 0.4) is 0 Å². The highest BCUT2D eigenvalue weighted by Gasteiger charge is 2.25. The van der Waals surface area contributed by atoms with E-state index in [1.807, 2.05) is 39.0 Å². The third-order valence-corrected chi connectivity index (χ3v) is 5.06. The van der Waals surface area contributed by atoms with Crippen molar-refractivity contribution in [1.82, 2.24) is 14.3 Å². The minimum Gasteiger partial charge on any atom is -0.381 e. The van der Waals surface area contributed by atoms with Crippen molar-refractivity contribution in [1.29, 1.82) is 0 Å². The van der Waals surface area contributed by atoms with Gasteiger partial charge in [-0.15, -0.1) is 0 Å². The van der Waals surface area contributed by atoms with E-state index in [0.717, 1.165) is 16.7 Å². The number of benzene rings is 1. The molecule has 1 atom stereocenters. The molecule has 6 nitrogen and oxygen atoms in total. The molecular formula is C14H20N4O2S. The van der Waals surface area contributed by atoms with E-state index in [1.165, 1.54) is 10.9 Å². The van der Waals surface area contributed by atoms with Crippen LogP contribution >= 0.6 is 0 Å². The van der Waals surface area contributed by atoms with E-state index < -0.39 is 10.0 Å². The Morgan fingerprint density at radius 3 is 2.52 bits per heavy atom. The SMILES string of the molecule is Cc1ccc(C(C)NS(=O)(=O)c2c(N)ncn2C)c(C)c1. The molecule has 0 spiro atoms. The Labute approximate surface area is 125 Å². The van der Waals surface area contributed by atoms with Gasteiger partial charge in [-0.3, -0.25) is 0 Å². The van der Waals surface area contributed by atoms with E-state index >= 15 is 0 Å². The summed E-state index contributed by atoms with van der Waals surface area (Å²) >= 11 is 0. The van der Waals surface area contributed by atoms with Crippen LogP contribution in [0.15, 0.2) is 29.6 Å². The van der Waals surface area contributed by atoms with Gasteiger partial charge in [-0.25, -0.2) is 18.1 Å². The first kappa shape index (κ1) is 15.5. The van der Waals surface area contributed by atoms with Crippen LogP contribution in [0, 0.1) is 13.8 Å². The molecule has 0 aliphatic heterocycles. The number of rotatable bonds is 4. The summed E-state index contributed by atoms with van der Waals surface area (Å²) in [5.74, 6) is -0.00201.